The SMILES string of the molecule is COC(=O)O[C@H]1CCC2C(=CC(=O)[C@@H]3[C@@H]2CC[C@]2(C)C(=O)CC[C@@H]32)C1. The van der Waals surface area contributed by atoms with E-state index in [9.17, 15) is 14.4 Å². The number of methoxy groups -OCH3 is 1. The van der Waals surface area contributed by atoms with Crippen LogP contribution >= 0.6 is 0 Å². The zero-order chi connectivity index (χ0) is 17.8. The lowest BCUT2D eigenvalue weighted by Crippen LogP contribution is -2.49. The summed E-state index contributed by atoms with van der Waals surface area (Å²) in [5.74, 6) is 1.54. The van der Waals surface area contributed by atoms with Crippen LogP contribution in [0.4, 0.5) is 4.79 Å². The van der Waals surface area contributed by atoms with Gasteiger partial charge in [-0.15, -0.1) is 0 Å². The Morgan fingerprint density at radius 1 is 1.20 bits per heavy atom. The van der Waals surface area contributed by atoms with Crippen molar-refractivity contribution in [1.82, 2.24) is 0 Å². The van der Waals surface area contributed by atoms with Gasteiger partial charge in [0.05, 0.1) is 7.11 Å². The molecule has 0 spiro atoms. The Morgan fingerprint density at radius 2 is 2.00 bits per heavy atom. The molecular formula is C20H26O5. The van der Waals surface area contributed by atoms with Gasteiger partial charge in [0.2, 0.25) is 0 Å². The van der Waals surface area contributed by atoms with Crippen LogP contribution in [0.25, 0.3) is 0 Å². The molecule has 0 aromatic carbocycles. The molecule has 4 aliphatic rings. The van der Waals surface area contributed by atoms with E-state index in [2.05, 4.69) is 11.7 Å². The molecule has 3 saturated carbocycles. The minimum Gasteiger partial charge on any atom is -0.438 e. The number of allylic oxidation sites excluding steroid dienone is 1. The predicted octanol–water partition coefficient (Wildman–Crippen LogP) is 3.46. The summed E-state index contributed by atoms with van der Waals surface area (Å²) in [4.78, 5) is 36.7. The molecule has 3 fully saturated rings. The molecule has 1 unspecified atom stereocenters. The fraction of sp³-hybridized carbons (Fsp3) is 0.750. The largest absolute Gasteiger partial charge is 0.508 e. The number of ketones is 2. The van der Waals surface area contributed by atoms with Gasteiger partial charge < -0.3 is 9.47 Å². The van der Waals surface area contributed by atoms with Gasteiger partial charge in [0, 0.05) is 24.2 Å². The topological polar surface area (TPSA) is 69.7 Å². The molecule has 5 nitrogen and oxygen atoms in total. The molecule has 0 amide bonds. The van der Waals surface area contributed by atoms with Crippen LogP contribution < -0.4 is 0 Å². The van der Waals surface area contributed by atoms with E-state index in [1.807, 2.05) is 6.08 Å². The van der Waals surface area contributed by atoms with E-state index in [0.29, 0.717) is 30.5 Å². The molecule has 25 heavy (non-hydrogen) atoms. The van der Waals surface area contributed by atoms with Crippen LogP contribution in [0.3, 0.4) is 0 Å². The molecule has 0 N–H and O–H groups in total. The van der Waals surface area contributed by atoms with Crippen molar-refractivity contribution in [2.24, 2.45) is 29.1 Å². The third kappa shape index (κ3) is 2.54. The molecule has 4 rings (SSSR count). The molecule has 136 valence electrons. The molecule has 6 atom stereocenters. The highest BCUT2D eigenvalue weighted by Crippen LogP contribution is 2.59. The summed E-state index contributed by atoms with van der Waals surface area (Å²) in [6, 6.07) is 0. The third-order valence-electron chi connectivity index (χ3n) is 7.37. The van der Waals surface area contributed by atoms with Gasteiger partial charge in [0.1, 0.15) is 11.9 Å². The van der Waals surface area contributed by atoms with E-state index in [0.717, 1.165) is 37.7 Å². The van der Waals surface area contributed by atoms with Crippen molar-refractivity contribution in [1.29, 1.82) is 0 Å². The number of carbonyl (C=O) groups excluding carboxylic acids is 3. The van der Waals surface area contributed by atoms with Crippen LogP contribution in [-0.2, 0) is 19.1 Å². The van der Waals surface area contributed by atoms with Crippen LogP contribution in [-0.4, -0.2) is 30.9 Å². The molecule has 4 aliphatic carbocycles. The van der Waals surface area contributed by atoms with Crippen molar-refractivity contribution in [2.75, 3.05) is 7.11 Å². The van der Waals surface area contributed by atoms with Gasteiger partial charge in [-0.25, -0.2) is 4.79 Å². The quantitative estimate of drug-likeness (QED) is 0.680. The van der Waals surface area contributed by atoms with Gasteiger partial charge in [-0.1, -0.05) is 12.5 Å². The molecule has 0 aromatic heterocycles. The van der Waals surface area contributed by atoms with E-state index in [4.69, 9.17) is 4.74 Å². The molecular weight excluding hydrogens is 320 g/mol. The lowest BCUT2D eigenvalue weighted by molar-refractivity contribution is -0.136. The first-order chi connectivity index (χ1) is 11.9. The normalized spacial score (nSPS) is 42.8. The monoisotopic (exact) mass is 346 g/mol. The van der Waals surface area contributed by atoms with Gasteiger partial charge in [-0.3, -0.25) is 9.59 Å². The summed E-state index contributed by atoms with van der Waals surface area (Å²) < 4.78 is 9.89. The predicted molar refractivity (Wildman–Crippen MR) is 89.8 cm³/mol. The second kappa shape index (κ2) is 5.96. The summed E-state index contributed by atoms with van der Waals surface area (Å²) in [5.41, 5.74) is 0.854. The molecule has 0 aromatic rings. The van der Waals surface area contributed by atoms with Crippen LogP contribution in [0.15, 0.2) is 11.6 Å². The van der Waals surface area contributed by atoms with Gasteiger partial charge in [0.15, 0.2) is 5.78 Å². The minimum absolute atomic E-state index is 0.0111. The first-order valence-electron chi connectivity index (χ1n) is 9.46. The maximum Gasteiger partial charge on any atom is 0.508 e. The number of hydrogen-bond donors (Lipinski definition) is 0. The Labute approximate surface area is 148 Å². The first-order valence-corrected chi connectivity index (χ1v) is 9.46. The molecule has 0 aliphatic heterocycles. The van der Waals surface area contributed by atoms with E-state index in [1.165, 1.54) is 7.11 Å². The first kappa shape index (κ1) is 16.8. The van der Waals surface area contributed by atoms with Crippen molar-refractivity contribution >= 4 is 17.7 Å². The molecule has 0 bridgehead atoms. The summed E-state index contributed by atoms with van der Waals surface area (Å²) in [7, 11) is 1.31. The molecule has 0 saturated heterocycles. The van der Waals surface area contributed by atoms with Crippen molar-refractivity contribution in [3.8, 4) is 0 Å². The lowest BCUT2D eigenvalue weighted by atomic mass is 9.52. The Kier molecular flexibility index (Phi) is 4.00. The Morgan fingerprint density at radius 3 is 2.76 bits per heavy atom. The standard InChI is InChI=1S/C20H26O5/c1-20-8-7-14-13-4-3-12(25-19(23)24-2)9-11(13)10-16(21)18(14)15(20)5-6-17(20)22/h10,12-15,18H,3-9H2,1-2H3/t12-,13?,14+,15-,18+,20-/m0/s1. The van der Waals surface area contributed by atoms with Gasteiger partial charge >= 0.3 is 6.16 Å². The van der Waals surface area contributed by atoms with Crippen LogP contribution in [0.2, 0.25) is 0 Å². The minimum atomic E-state index is -0.651. The van der Waals surface area contributed by atoms with Gasteiger partial charge in [0.25, 0.3) is 0 Å². The lowest BCUT2D eigenvalue weighted by Gasteiger charge is -2.50. The second-order valence-electron chi connectivity index (χ2n) is 8.42. The van der Waals surface area contributed by atoms with E-state index < -0.39 is 6.16 Å². The second-order valence-corrected chi connectivity index (χ2v) is 8.42. The van der Waals surface area contributed by atoms with E-state index in [-0.39, 0.29) is 29.1 Å². The Balaban J connectivity index is 1.57. The Bertz CT molecular complexity index is 650. The van der Waals surface area contributed by atoms with Crippen molar-refractivity contribution in [2.45, 2.75) is 58.0 Å². The number of rotatable bonds is 1. The number of hydrogen-bond acceptors (Lipinski definition) is 5. The highest BCUT2D eigenvalue weighted by atomic mass is 16.7. The van der Waals surface area contributed by atoms with E-state index in [1.54, 1.807) is 0 Å². The fourth-order valence-corrected chi connectivity index (χ4v) is 6.09. The van der Waals surface area contributed by atoms with Crippen LogP contribution in [0.5, 0.6) is 0 Å². The van der Waals surface area contributed by atoms with Crippen LogP contribution in [0, 0.1) is 29.1 Å². The highest BCUT2D eigenvalue weighted by molar-refractivity contribution is 5.96. The summed E-state index contributed by atoms with van der Waals surface area (Å²) >= 11 is 0. The maximum atomic E-state index is 12.9. The van der Waals surface area contributed by atoms with Crippen molar-refractivity contribution in [3.63, 3.8) is 0 Å². The average Bonchev–Trinajstić information content (AvgIpc) is 2.89. The smallest absolute Gasteiger partial charge is 0.438 e. The summed E-state index contributed by atoms with van der Waals surface area (Å²) in [6.07, 6.45) is 6.73. The van der Waals surface area contributed by atoms with Gasteiger partial charge in [-0.2, -0.15) is 0 Å². The maximum absolute atomic E-state index is 12.9. The fourth-order valence-electron chi connectivity index (χ4n) is 6.09. The molecule has 5 heteroatoms. The van der Waals surface area contributed by atoms with Crippen LogP contribution in [0.1, 0.15) is 51.9 Å². The molecule has 0 heterocycles. The highest BCUT2D eigenvalue weighted by Gasteiger charge is 2.58. The zero-order valence-corrected chi connectivity index (χ0v) is 15.0. The zero-order valence-electron chi connectivity index (χ0n) is 15.0. The third-order valence-corrected chi connectivity index (χ3v) is 7.37. The Hall–Kier alpha value is -1.65. The van der Waals surface area contributed by atoms with Crippen molar-refractivity contribution < 1.29 is 23.9 Å². The van der Waals surface area contributed by atoms with Gasteiger partial charge in [-0.05, 0) is 55.9 Å². The number of Topliss-reactive ketones (excluding diaryl/α,β-unsaturated/α-hetero) is 1. The number of ether oxygens (including phenoxy) is 2. The number of fused-ring (bicyclic) bond motifs is 5. The summed E-state index contributed by atoms with van der Waals surface area (Å²) in [6.45, 7) is 2.08. The number of carbonyl (C=O) groups is 3. The van der Waals surface area contributed by atoms with E-state index >= 15 is 0 Å². The average molecular weight is 346 g/mol. The molecule has 0 radical (unpaired) electrons. The summed E-state index contributed by atoms with van der Waals surface area (Å²) in [5, 5.41) is 0. The van der Waals surface area contributed by atoms with Crippen molar-refractivity contribution in [3.05, 3.63) is 11.6 Å².